The first-order chi connectivity index (χ1) is 14.5. The van der Waals surface area contributed by atoms with Gasteiger partial charge in [-0.25, -0.2) is 9.29 Å². The Morgan fingerprint density at radius 3 is 2.70 bits per heavy atom. The molecule has 2 aromatic heterocycles. The van der Waals surface area contributed by atoms with Gasteiger partial charge in [0.15, 0.2) is 17.0 Å². The number of fused-ring (bicyclic) bond motifs is 1. The fraction of sp³-hybridized carbons (Fsp3) is 0.737. The molecule has 1 aliphatic heterocycles. The summed E-state index contributed by atoms with van der Waals surface area (Å²) in [5.74, 6) is 1.46. The summed E-state index contributed by atoms with van der Waals surface area (Å²) in [6.07, 6.45) is 7.03. The first-order valence-corrected chi connectivity index (χ1v) is 11.7. The lowest BCUT2D eigenvalue weighted by molar-refractivity contribution is 0.238. The number of hydrogen-bond acceptors (Lipinski definition) is 8. The van der Waals surface area contributed by atoms with Gasteiger partial charge in [0.25, 0.3) is 0 Å². The molecule has 30 heavy (non-hydrogen) atoms. The Hall–Kier alpha value is -1.82. The molecule has 166 valence electrons. The largest absolute Gasteiger partial charge is 0.760 e. The summed E-state index contributed by atoms with van der Waals surface area (Å²) in [6, 6.07) is 0.0542. The molecule has 2 fully saturated rings. The van der Waals surface area contributed by atoms with E-state index in [9.17, 15) is 13.9 Å². The Morgan fingerprint density at radius 1 is 1.30 bits per heavy atom. The fourth-order valence-corrected chi connectivity index (χ4v) is 5.03. The Kier molecular flexibility index (Phi) is 6.51. The molecule has 3 heterocycles. The molecule has 0 spiro atoms. The van der Waals surface area contributed by atoms with E-state index in [0.29, 0.717) is 42.7 Å². The second-order valence-electron chi connectivity index (χ2n) is 8.53. The highest BCUT2D eigenvalue weighted by Gasteiger charge is 2.27. The van der Waals surface area contributed by atoms with Crippen molar-refractivity contribution in [3.05, 3.63) is 6.33 Å². The van der Waals surface area contributed by atoms with E-state index in [2.05, 4.69) is 34.4 Å². The van der Waals surface area contributed by atoms with Crippen LogP contribution in [0.1, 0.15) is 52.0 Å². The number of aliphatic hydroxyl groups is 1. The van der Waals surface area contributed by atoms with E-state index >= 15 is 0 Å². The van der Waals surface area contributed by atoms with Crippen LogP contribution in [-0.4, -0.2) is 69.5 Å². The van der Waals surface area contributed by atoms with Gasteiger partial charge in [-0.3, -0.25) is 4.21 Å². The minimum Gasteiger partial charge on any atom is -0.760 e. The van der Waals surface area contributed by atoms with E-state index < -0.39 is 11.3 Å². The van der Waals surface area contributed by atoms with Crippen LogP contribution in [0, 0.1) is 5.92 Å². The van der Waals surface area contributed by atoms with Crippen LogP contribution in [0.5, 0.6) is 0 Å². The van der Waals surface area contributed by atoms with Gasteiger partial charge in [0, 0.05) is 36.4 Å². The maximum Gasteiger partial charge on any atom is 0.227 e. The third kappa shape index (κ3) is 4.43. The fourth-order valence-electron chi connectivity index (χ4n) is 4.47. The number of aromatic nitrogens is 4. The van der Waals surface area contributed by atoms with E-state index in [0.717, 1.165) is 18.5 Å². The highest BCUT2D eigenvalue weighted by molar-refractivity contribution is 7.76. The number of anilines is 2. The van der Waals surface area contributed by atoms with E-state index in [4.69, 9.17) is 4.98 Å². The predicted octanol–water partition coefficient (Wildman–Crippen LogP) is 1.65. The summed E-state index contributed by atoms with van der Waals surface area (Å²) in [7, 11) is 0. The number of rotatable bonds is 8. The van der Waals surface area contributed by atoms with Crippen molar-refractivity contribution in [3.8, 4) is 0 Å². The van der Waals surface area contributed by atoms with Crippen molar-refractivity contribution in [2.45, 2.75) is 64.1 Å². The van der Waals surface area contributed by atoms with Crippen LogP contribution in [0.4, 0.5) is 11.8 Å². The number of nitrogens with zero attached hydrogens (tertiary/aromatic N) is 5. The monoisotopic (exact) mass is 436 g/mol. The summed E-state index contributed by atoms with van der Waals surface area (Å²) in [4.78, 5) is 13.9. The second-order valence-corrected chi connectivity index (χ2v) is 9.48. The van der Waals surface area contributed by atoms with Crippen molar-refractivity contribution >= 4 is 34.2 Å². The number of hydrogen-bond donors (Lipinski definition) is 3. The molecule has 1 saturated carbocycles. The third-order valence-electron chi connectivity index (χ3n) is 6.16. The highest BCUT2D eigenvalue weighted by Crippen LogP contribution is 2.30. The molecule has 2 aromatic rings. The topological polar surface area (TPSA) is 131 Å². The molecule has 1 aliphatic carbocycles. The quantitative estimate of drug-likeness (QED) is 0.532. The van der Waals surface area contributed by atoms with Gasteiger partial charge in [-0.2, -0.15) is 9.97 Å². The summed E-state index contributed by atoms with van der Waals surface area (Å²) < 4.78 is 25.9. The molecule has 2 aliphatic rings. The van der Waals surface area contributed by atoms with Gasteiger partial charge < -0.3 is 24.9 Å². The molecule has 1 saturated heterocycles. The van der Waals surface area contributed by atoms with Crippen molar-refractivity contribution in [1.29, 1.82) is 0 Å². The van der Waals surface area contributed by atoms with Crippen LogP contribution in [-0.2, 0) is 11.3 Å². The molecule has 4 rings (SSSR count). The van der Waals surface area contributed by atoms with Gasteiger partial charge in [-0.15, -0.1) is 0 Å². The van der Waals surface area contributed by atoms with Crippen LogP contribution in [0.25, 0.3) is 11.2 Å². The molecular formula is C19H30N7O3S-. The lowest BCUT2D eigenvalue weighted by Crippen LogP contribution is -2.32. The second kappa shape index (κ2) is 9.13. The van der Waals surface area contributed by atoms with Gasteiger partial charge in [0.2, 0.25) is 5.95 Å². The lowest BCUT2D eigenvalue weighted by atomic mass is 9.99. The van der Waals surface area contributed by atoms with Crippen molar-refractivity contribution in [2.24, 2.45) is 5.92 Å². The molecule has 3 atom stereocenters. The van der Waals surface area contributed by atoms with E-state index in [1.54, 1.807) is 6.33 Å². The van der Waals surface area contributed by atoms with Crippen molar-refractivity contribution in [3.63, 3.8) is 0 Å². The molecule has 10 nitrogen and oxygen atoms in total. The van der Waals surface area contributed by atoms with Gasteiger partial charge in [0.1, 0.15) is 0 Å². The lowest BCUT2D eigenvalue weighted by Gasteiger charge is -2.23. The molecule has 0 aromatic carbocycles. The minimum atomic E-state index is -2.21. The number of aliphatic hydroxyl groups excluding tert-OH is 1. The number of nitrogens with one attached hydrogen (secondary N) is 2. The molecule has 3 N–H and O–H groups in total. The Morgan fingerprint density at radius 2 is 2.07 bits per heavy atom. The Balaban J connectivity index is 1.63. The van der Waals surface area contributed by atoms with Crippen LogP contribution < -0.4 is 10.6 Å². The smallest absolute Gasteiger partial charge is 0.227 e. The maximum absolute atomic E-state index is 11.2. The van der Waals surface area contributed by atoms with Gasteiger partial charge >= 0.3 is 0 Å². The predicted molar refractivity (Wildman–Crippen MR) is 115 cm³/mol. The van der Waals surface area contributed by atoms with Crippen molar-refractivity contribution in [1.82, 2.24) is 23.8 Å². The molecule has 0 bridgehead atoms. The highest BCUT2D eigenvalue weighted by atomic mass is 32.2. The van der Waals surface area contributed by atoms with E-state index in [1.165, 1.54) is 17.1 Å². The Bertz CT molecular complexity index is 900. The van der Waals surface area contributed by atoms with Crippen molar-refractivity contribution in [2.75, 3.05) is 30.3 Å². The van der Waals surface area contributed by atoms with Gasteiger partial charge in [0.05, 0.1) is 19.0 Å². The average molecular weight is 437 g/mol. The molecular weight excluding hydrogens is 406 g/mol. The van der Waals surface area contributed by atoms with Crippen molar-refractivity contribution < 1.29 is 13.9 Å². The van der Waals surface area contributed by atoms with Crippen LogP contribution >= 0.6 is 0 Å². The molecule has 0 amide bonds. The minimum absolute atomic E-state index is 0.0329. The summed E-state index contributed by atoms with van der Waals surface area (Å²) in [5, 5.41) is 16.7. The standard InChI is InChI=1S/C19H31N7O3S/c1-12(2)26-11-20-16-17(21-14-7-8-25(9-14)30(28)29)23-19(24-18(16)26)22-15(10-27)13-5-3-4-6-13/h11-15,27H,3-10H2,1-2H3,(H,28,29)(H2,21,22,23,24)/p-1. The summed E-state index contributed by atoms with van der Waals surface area (Å²) in [6.45, 7) is 5.05. The van der Waals surface area contributed by atoms with E-state index in [1.807, 2.05) is 4.57 Å². The first-order valence-electron chi connectivity index (χ1n) is 10.7. The molecule has 11 heteroatoms. The van der Waals surface area contributed by atoms with E-state index in [-0.39, 0.29) is 24.7 Å². The zero-order valence-corrected chi connectivity index (χ0v) is 18.3. The number of imidazole rings is 1. The first kappa shape index (κ1) is 21.4. The normalized spacial score (nSPS) is 22.8. The van der Waals surface area contributed by atoms with Crippen LogP contribution in [0.3, 0.4) is 0 Å². The third-order valence-corrected chi connectivity index (χ3v) is 6.91. The molecule has 3 unspecified atom stereocenters. The summed E-state index contributed by atoms with van der Waals surface area (Å²) in [5.41, 5.74) is 1.38. The van der Waals surface area contributed by atoms with Gasteiger partial charge in [-0.05, 0) is 39.0 Å². The zero-order chi connectivity index (χ0) is 21.3. The maximum atomic E-state index is 11.2. The molecule has 0 radical (unpaired) electrons. The zero-order valence-electron chi connectivity index (χ0n) is 17.5. The average Bonchev–Trinajstić information content (AvgIpc) is 3.46. The summed E-state index contributed by atoms with van der Waals surface area (Å²) >= 11 is -2.21. The SMILES string of the molecule is CC(C)n1cnc2c(NC3CCN(S(=O)[O-])C3)nc(NC(CO)C3CCCC3)nc21. The Labute approximate surface area is 178 Å². The van der Waals surface area contributed by atoms with Crippen LogP contribution in [0.2, 0.25) is 0 Å². The van der Waals surface area contributed by atoms with Gasteiger partial charge in [-0.1, -0.05) is 12.8 Å². The van der Waals surface area contributed by atoms with Crippen LogP contribution in [0.15, 0.2) is 6.33 Å².